The summed E-state index contributed by atoms with van der Waals surface area (Å²) in [4.78, 5) is 11.5. The predicted molar refractivity (Wildman–Crippen MR) is 86.1 cm³/mol. The second-order valence-corrected chi connectivity index (χ2v) is 5.58. The van der Waals surface area contributed by atoms with Crippen molar-refractivity contribution in [2.24, 2.45) is 0 Å². The Balaban J connectivity index is 2.30. The van der Waals surface area contributed by atoms with E-state index < -0.39 is 12.0 Å². The van der Waals surface area contributed by atoms with E-state index in [4.69, 9.17) is 16.3 Å². The van der Waals surface area contributed by atoms with Gasteiger partial charge >= 0.3 is 5.97 Å². The smallest absolute Gasteiger partial charge is 0.330 e. The van der Waals surface area contributed by atoms with Crippen LogP contribution in [-0.4, -0.2) is 18.2 Å². The van der Waals surface area contributed by atoms with Crippen LogP contribution in [0.5, 0.6) is 5.75 Å². The molecule has 0 aromatic heterocycles. The highest BCUT2D eigenvalue weighted by Crippen LogP contribution is 2.28. The number of hydrogen-bond donors (Lipinski definition) is 2. The molecule has 2 N–H and O–H groups in total. The molecule has 0 bridgehead atoms. The van der Waals surface area contributed by atoms with E-state index in [0.29, 0.717) is 22.0 Å². The van der Waals surface area contributed by atoms with Gasteiger partial charge in [0, 0.05) is 16.2 Å². The Kier molecular flexibility index (Phi) is 5.09. The van der Waals surface area contributed by atoms with Gasteiger partial charge in [0.25, 0.3) is 0 Å². The summed E-state index contributed by atoms with van der Waals surface area (Å²) >= 11 is 9.31. The van der Waals surface area contributed by atoms with E-state index in [9.17, 15) is 9.90 Å². The van der Waals surface area contributed by atoms with Gasteiger partial charge in [-0.25, -0.2) is 4.79 Å². The highest BCUT2D eigenvalue weighted by Gasteiger charge is 2.20. The van der Waals surface area contributed by atoms with Crippen molar-refractivity contribution in [2.45, 2.75) is 6.04 Å². The molecule has 0 heterocycles. The van der Waals surface area contributed by atoms with Crippen molar-refractivity contribution in [3.63, 3.8) is 0 Å². The van der Waals surface area contributed by atoms with E-state index in [1.54, 1.807) is 49.6 Å². The van der Waals surface area contributed by atoms with Gasteiger partial charge in [0.1, 0.15) is 5.75 Å². The van der Waals surface area contributed by atoms with Gasteiger partial charge in [-0.1, -0.05) is 23.7 Å². The number of nitrogens with one attached hydrogen (secondary N) is 1. The van der Waals surface area contributed by atoms with Gasteiger partial charge in [-0.3, -0.25) is 0 Å². The first-order valence-electron chi connectivity index (χ1n) is 6.09. The van der Waals surface area contributed by atoms with Crippen molar-refractivity contribution in [3.8, 4) is 5.75 Å². The Morgan fingerprint density at radius 1 is 1.33 bits per heavy atom. The fraction of sp³-hybridized carbons (Fsp3) is 0.133. The molecule has 21 heavy (non-hydrogen) atoms. The van der Waals surface area contributed by atoms with E-state index in [-0.39, 0.29) is 0 Å². The van der Waals surface area contributed by atoms with Crippen LogP contribution in [0.25, 0.3) is 0 Å². The van der Waals surface area contributed by atoms with Gasteiger partial charge in [-0.05, 0) is 45.8 Å². The molecule has 0 amide bonds. The number of carboxylic acids is 1. The second kappa shape index (κ2) is 6.83. The van der Waals surface area contributed by atoms with Crippen LogP contribution in [0.15, 0.2) is 46.9 Å². The Morgan fingerprint density at radius 3 is 2.71 bits per heavy atom. The normalized spacial score (nSPS) is 11.8. The first-order chi connectivity index (χ1) is 10.0. The molecule has 0 fully saturated rings. The van der Waals surface area contributed by atoms with E-state index in [1.165, 1.54) is 0 Å². The summed E-state index contributed by atoms with van der Waals surface area (Å²) in [6.45, 7) is 0. The lowest BCUT2D eigenvalue weighted by atomic mass is 10.1. The average Bonchev–Trinajstić information content (AvgIpc) is 2.47. The number of hydrogen-bond acceptors (Lipinski definition) is 3. The SMILES string of the molecule is COc1cccc(NC(C(=O)O)c2ccc(Br)c(Cl)c2)c1. The third-order valence-electron chi connectivity index (χ3n) is 2.90. The molecular formula is C15H13BrClNO3. The zero-order valence-electron chi connectivity index (χ0n) is 11.1. The van der Waals surface area contributed by atoms with E-state index >= 15 is 0 Å². The molecule has 2 rings (SSSR count). The topological polar surface area (TPSA) is 58.6 Å². The molecule has 0 saturated carbocycles. The van der Waals surface area contributed by atoms with Gasteiger partial charge in [0.2, 0.25) is 0 Å². The quantitative estimate of drug-likeness (QED) is 0.821. The molecular weight excluding hydrogens is 358 g/mol. The molecule has 0 saturated heterocycles. The number of benzene rings is 2. The molecule has 110 valence electrons. The molecule has 1 unspecified atom stereocenters. The molecule has 2 aromatic carbocycles. The maximum Gasteiger partial charge on any atom is 0.330 e. The van der Waals surface area contributed by atoms with Crippen LogP contribution < -0.4 is 10.1 Å². The van der Waals surface area contributed by atoms with Crippen molar-refractivity contribution >= 4 is 39.2 Å². The van der Waals surface area contributed by atoms with Gasteiger partial charge in [0.15, 0.2) is 6.04 Å². The van der Waals surface area contributed by atoms with Crippen molar-refractivity contribution in [3.05, 3.63) is 57.5 Å². The molecule has 4 nitrogen and oxygen atoms in total. The number of halogens is 2. The fourth-order valence-electron chi connectivity index (χ4n) is 1.86. The van der Waals surface area contributed by atoms with Crippen LogP contribution >= 0.6 is 27.5 Å². The van der Waals surface area contributed by atoms with Gasteiger partial charge < -0.3 is 15.2 Å². The van der Waals surface area contributed by atoms with Crippen LogP contribution in [0.4, 0.5) is 5.69 Å². The van der Waals surface area contributed by atoms with Crippen LogP contribution in [0, 0.1) is 0 Å². The fourth-order valence-corrected chi connectivity index (χ4v) is 2.29. The maximum atomic E-state index is 11.5. The number of anilines is 1. The number of aliphatic carboxylic acids is 1. The summed E-state index contributed by atoms with van der Waals surface area (Å²) in [7, 11) is 1.56. The lowest BCUT2D eigenvalue weighted by Gasteiger charge is -2.17. The van der Waals surface area contributed by atoms with Crippen LogP contribution in [0.1, 0.15) is 11.6 Å². The minimum atomic E-state index is -0.990. The number of methoxy groups -OCH3 is 1. The highest BCUT2D eigenvalue weighted by molar-refractivity contribution is 9.10. The zero-order chi connectivity index (χ0) is 15.4. The number of carbonyl (C=O) groups is 1. The molecule has 6 heteroatoms. The lowest BCUT2D eigenvalue weighted by Crippen LogP contribution is -2.20. The second-order valence-electron chi connectivity index (χ2n) is 4.32. The van der Waals surface area contributed by atoms with E-state index in [0.717, 1.165) is 4.47 Å². The summed E-state index contributed by atoms with van der Waals surface area (Å²) in [6, 6.07) is 11.2. The molecule has 1 atom stereocenters. The molecule has 0 aliphatic heterocycles. The summed E-state index contributed by atoms with van der Waals surface area (Å²) in [5.74, 6) is -0.339. The zero-order valence-corrected chi connectivity index (χ0v) is 13.5. The van der Waals surface area contributed by atoms with Crippen LogP contribution in [0.3, 0.4) is 0 Å². The van der Waals surface area contributed by atoms with Crippen molar-refractivity contribution in [1.82, 2.24) is 0 Å². The van der Waals surface area contributed by atoms with E-state index in [1.807, 2.05) is 0 Å². The number of rotatable bonds is 5. The first kappa shape index (κ1) is 15.7. The summed E-state index contributed by atoms with van der Waals surface area (Å²) in [5, 5.41) is 12.9. The van der Waals surface area contributed by atoms with Crippen LogP contribution in [0.2, 0.25) is 5.02 Å². The first-order valence-corrected chi connectivity index (χ1v) is 7.26. The highest BCUT2D eigenvalue weighted by atomic mass is 79.9. The maximum absolute atomic E-state index is 11.5. The van der Waals surface area contributed by atoms with Gasteiger partial charge in [-0.15, -0.1) is 0 Å². The predicted octanol–water partition coefficient (Wildman–Crippen LogP) is 4.35. The van der Waals surface area contributed by atoms with E-state index in [2.05, 4.69) is 21.2 Å². The summed E-state index contributed by atoms with van der Waals surface area (Å²) in [5.41, 5.74) is 1.22. The van der Waals surface area contributed by atoms with Crippen molar-refractivity contribution in [1.29, 1.82) is 0 Å². The number of ether oxygens (including phenoxy) is 1. The molecule has 0 radical (unpaired) electrons. The minimum absolute atomic E-state index is 0.464. The molecule has 2 aromatic rings. The summed E-state index contributed by atoms with van der Waals surface area (Å²) in [6.07, 6.45) is 0. The lowest BCUT2D eigenvalue weighted by molar-refractivity contribution is -0.138. The molecule has 0 aliphatic carbocycles. The molecule has 0 aliphatic rings. The number of carboxylic acid groups (broad SMARTS) is 1. The Hall–Kier alpha value is -1.72. The third-order valence-corrected chi connectivity index (χ3v) is 4.14. The average molecular weight is 371 g/mol. The third kappa shape index (κ3) is 3.89. The Bertz CT molecular complexity index is 663. The monoisotopic (exact) mass is 369 g/mol. The standard InChI is InChI=1S/C15H13BrClNO3/c1-21-11-4-2-3-10(8-11)18-14(15(19)20)9-5-6-12(16)13(17)7-9/h2-8,14,18H,1H3,(H,19,20). The minimum Gasteiger partial charge on any atom is -0.497 e. The Labute approximate surface area is 135 Å². The Morgan fingerprint density at radius 2 is 2.10 bits per heavy atom. The van der Waals surface area contributed by atoms with Gasteiger partial charge in [-0.2, -0.15) is 0 Å². The van der Waals surface area contributed by atoms with Gasteiger partial charge in [0.05, 0.1) is 12.1 Å². The van der Waals surface area contributed by atoms with Crippen molar-refractivity contribution < 1.29 is 14.6 Å². The van der Waals surface area contributed by atoms with Crippen molar-refractivity contribution in [2.75, 3.05) is 12.4 Å². The summed E-state index contributed by atoms with van der Waals surface area (Å²) < 4.78 is 5.84. The van der Waals surface area contributed by atoms with Crippen LogP contribution in [-0.2, 0) is 4.79 Å². The molecule has 0 spiro atoms. The largest absolute Gasteiger partial charge is 0.497 e.